The van der Waals surface area contributed by atoms with E-state index in [0.29, 0.717) is 10.6 Å². The molecule has 0 saturated carbocycles. The third kappa shape index (κ3) is 3.62. The van der Waals surface area contributed by atoms with Crippen LogP contribution in [0.25, 0.3) is 11.2 Å². The summed E-state index contributed by atoms with van der Waals surface area (Å²) in [6.07, 6.45) is 3.46. The molecule has 0 spiro atoms. The Balaban J connectivity index is 1.84. The van der Waals surface area contributed by atoms with Crippen LogP contribution in [0.15, 0.2) is 48.0 Å². The molecule has 152 valence electrons. The van der Waals surface area contributed by atoms with E-state index in [0.717, 1.165) is 18.6 Å². The number of aromatic amines is 1. The van der Waals surface area contributed by atoms with E-state index >= 15 is 0 Å². The quantitative estimate of drug-likeness (QED) is 0.451. The first-order valence-corrected chi connectivity index (χ1v) is 10.3. The molecule has 1 aromatic carbocycles. The second-order valence-corrected chi connectivity index (χ2v) is 8.38. The monoisotopic (exact) mass is 445 g/mol. The second kappa shape index (κ2) is 7.47. The third-order valence-corrected chi connectivity index (χ3v) is 6.01. The summed E-state index contributed by atoms with van der Waals surface area (Å²) in [4.78, 5) is 31.7. The van der Waals surface area contributed by atoms with E-state index in [1.165, 1.54) is 24.5 Å². The lowest BCUT2D eigenvalue weighted by atomic mass is 10.1. The van der Waals surface area contributed by atoms with Gasteiger partial charge in [-0.2, -0.15) is 0 Å². The van der Waals surface area contributed by atoms with Gasteiger partial charge >= 0.3 is 0 Å². The van der Waals surface area contributed by atoms with Gasteiger partial charge in [-0.05, 0) is 49.2 Å². The highest BCUT2D eigenvalue weighted by Crippen LogP contribution is 2.25. The van der Waals surface area contributed by atoms with Crippen molar-refractivity contribution in [1.29, 1.82) is 0 Å². The van der Waals surface area contributed by atoms with E-state index in [-0.39, 0.29) is 38.7 Å². The Hall–Kier alpha value is -3.37. The van der Waals surface area contributed by atoms with Crippen LogP contribution in [0.3, 0.4) is 0 Å². The number of sulfonamides is 1. The average Bonchev–Trinajstić information content (AvgIpc) is 3.23. The maximum Gasteiger partial charge on any atom is 0.261 e. The summed E-state index contributed by atoms with van der Waals surface area (Å²) in [5.74, 6) is -0.756. The lowest BCUT2D eigenvalue weighted by Crippen LogP contribution is -2.18. The zero-order valence-corrected chi connectivity index (χ0v) is 16.9. The van der Waals surface area contributed by atoms with Gasteiger partial charge < -0.3 is 4.98 Å². The van der Waals surface area contributed by atoms with Crippen molar-refractivity contribution < 1.29 is 17.3 Å². The van der Waals surface area contributed by atoms with Gasteiger partial charge in [-0.15, -0.1) is 0 Å². The van der Waals surface area contributed by atoms with Gasteiger partial charge in [0, 0.05) is 15.3 Å². The van der Waals surface area contributed by atoms with Crippen molar-refractivity contribution in [2.45, 2.75) is 18.7 Å². The minimum atomic E-state index is -4.22. The molecule has 0 saturated heterocycles. The largest absolute Gasteiger partial charge is 0.341 e. The summed E-state index contributed by atoms with van der Waals surface area (Å²) in [7, 11) is -4.22. The Morgan fingerprint density at radius 1 is 1.17 bits per heavy atom. The Bertz CT molecular complexity index is 1500. The van der Waals surface area contributed by atoms with Crippen molar-refractivity contribution in [3.63, 3.8) is 0 Å². The number of ketones is 1. The average molecular weight is 446 g/mol. The molecular weight excluding hydrogens is 428 g/mol. The molecule has 0 unspecified atom stereocenters. The van der Waals surface area contributed by atoms with Crippen LogP contribution >= 0.6 is 11.6 Å². The number of halogens is 1. The highest BCUT2D eigenvalue weighted by molar-refractivity contribution is 7.92. The highest BCUT2D eigenvalue weighted by atomic mass is 35.5. The summed E-state index contributed by atoms with van der Waals surface area (Å²) in [6.45, 7) is -0.949. The number of nitrogens with one attached hydrogen (secondary N) is 2. The first-order chi connectivity index (χ1) is 15.5. The molecule has 4 rings (SSSR count). The van der Waals surface area contributed by atoms with Crippen LogP contribution in [-0.2, 0) is 10.0 Å². The predicted octanol–water partition coefficient (Wildman–Crippen LogP) is 3.05. The number of H-pyrrole nitrogens is 1. The number of fused-ring (bicyclic) bond motifs is 1. The molecule has 0 bridgehead atoms. The summed E-state index contributed by atoms with van der Waals surface area (Å²) in [6, 6.07) is 5.12. The van der Waals surface area contributed by atoms with Crippen LogP contribution in [-0.4, -0.2) is 39.1 Å². The Morgan fingerprint density at radius 3 is 2.77 bits per heavy atom. The first-order valence-electron chi connectivity index (χ1n) is 9.95. The van der Waals surface area contributed by atoms with Crippen molar-refractivity contribution in [2.24, 2.45) is 0 Å². The number of rotatable bonds is 5. The van der Waals surface area contributed by atoms with Gasteiger partial charge in [0.05, 0.1) is 16.9 Å². The molecule has 4 aromatic rings. The van der Waals surface area contributed by atoms with Crippen molar-refractivity contribution in [1.82, 2.24) is 24.9 Å². The number of aryl methyl sites for hydroxylation is 2. The topological polar surface area (TPSA) is 131 Å². The highest BCUT2D eigenvalue weighted by Gasteiger charge is 2.24. The number of imidazole rings is 1. The first kappa shape index (κ1) is 16.4. The fourth-order valence-electron chi connectivity index (χ4n) is 2.76. The Morgan fingerprint density at radius 2 is 2.00 bits per heavy atom. The fourth-order valence-corrected chi connectivity index (χ4v) is 4.02. The van der Waals surface area contributed by atoms with Gasteiger partial charge in [0.15, 0.2) is 5.65 Å². The predicted molar refractivity (Wildman–Crippen MR) is 111 cm³/mol. The molecule has 30 heavy (non-hydrogen) atoms. The standard InChI is InChI=1S/C19H15ClN6O3S/c1-10-5-14(26-30(28,29)12-3-4-13(20)11(2)6-12)15(21-7-10)18(27)16-17-19(24-8-22-16)25-9-23-17/h3-9,26H,1-2H3,(H,22,23,24,25)/i1D3. The van der Waals surface area contributed by atoms with Crippen molar-refractivity contribution in [3.8, 4) is 0 Å². The summed E-state index contributed by atoms with van der Waals surface area (Å²) in [5.41, 5.74) is -0.0300. The van der Waals surface area contributed by atoms with Crippen LogP contribution in [0.5, 0.6) is 0 Å². The number of nitrogens with zero attached hydrogens (tertiary/aromatic N) is 4. The lowest BCUT2D eigenvalue weighted by molar-refractivity contribution is 0.103. The summed E-state index contributed by atoms with van der Waals surface area (Å²) >= 11 is 5.98. The number of carbonyl (C=O) groups is 1. The molecule has 0 atom stereocenters. The van der Waals surface area contributed by atoms with Crippen LogP contribution in [0.1, 0.15) is 31.4 Å². The van der Waals surface area contributed by atoms with Gasteiger partial charge in [0.1, 0.15) is 23.2 Å². The maximum atomic E-state index is 13.3. The van der Waals surface area contributed by atoms with Crippen LogP contribution in [0, 0.1) is 13.8 Å². The molecular formula is C19H15ClN6O3S. The van der Waals surface area contributed by atoms with Gasteiger partial charge in [-0.25, -0.2) is 23.4 Å². The van der Waals surface area contributed by atoms with Gasteiger partial charge in [0.2, 0.25) is 5.78 Å². The number of aromatic nitrogens is 5. The van der Waals surface area contributed by atoms with Gasteiger partial charge in [0.25, 0.3) is 10.0 Å². The van der Waals surface area contributed by atoms with Crippen LogP contribution in [0.4, 0.5) is 5.69 Å². The minimum Gasteiger partial charge on any atom is -0.341 e. The second-order valence-electron chi connectivity index (χ2n) is 6.29. The number of hydrogen-bond donors (Lipinski definition) is 2. The van der Waals surface area contributed by atoms with E-state index in [1.54, 1.807) is 6.92 Å². The molecule has 0 aliphatic rings. The smallest absolute Gasteiger partial charge is 0.261 e. The number of pyridine rings is 1. The molecule has 0 radical (unpaired) electrons. The lowest BCUT2D eigenvalue weighted by Gasteiger charge is -2.13. The molecule has 3 heterocycles. The Kier molecular flexibility index (Phi) is 4.09. The maximum absolute atomic E-state index is 13.3. The zero-order chi connectivity index (χ0) is 24.0. The molecule has 0 aliphatic carbocycles. The molecule has 0 aliphatic heterocycles. The van der Waals surface area contributed by atoms with E-state index in [1.807, 2.05) is 0 Å². The van der Waals surface area contributed by atoms with E-state index in [9.17, 15) is 13.2 Å². The SMILES string of the molecule is [2H]C([2H])([2H])c1cnc(C(=O)c2ncnc3nc[nH]c23)c(NS(=O)(=O)c2ccc(Cl)c(C)c2)c1. The number of hydrogen-bond acceptors (Lipinski definition) is 7. The molecule has 11 heteroatoms. The van der Waals surface area contributed by atoms with Crippen molar-refractivity contribution in [3.05, 3.63) is 70.7 Å². The molecule has 9 nitrogen and oxygen atoms in total. The zero-order valence-electron chi connectivity index (χ0n) is 18.3. The fraction of sp³-hybridized carbons (Fsp3) is 0.105. The number of anilines is 1. The van der Waals surface area contributed by atoms with Crippen molar-refractivity contribution >= 4 is 44.3 Å². The molecule has 0 fully saturated rings. The minimum absolute atomic E-state index is 0.102. The summed E-state index contributed by atoms with van der Waals surface area (Å²) < 4.78 is 51.2. The third-order valence-electron chi connectivity index (χ3n) is 4.22. The number of carbonyl (C=O) groups excluding carboxylic acids is 1. The number of benzene rings is 1. The normalized spacial score (nSPS) is 13.5. The van der Waals surface area contributed by atoms with Gasteiger partial charge in [-0.3, -0.25) is 14.5 Å². The molecule has 3 aromatic heterocycles. The molecule has 2 N–H and O–H groups in total. The summed E-state index contributed by atoms with van der Waals surface area (Å²) in [5, 5.41) is 0.378. The van der Waals surface area contributed by atoms with Crippen molar-refractivity contribution in [2.75, 3.05) is 4.72 Å². The Labute approximate surface area is 180 Å². The van der Waals surface area contributed by atoms with E-state index in [2.05, 4.69) is 29.6 Å². The van der Waals surface area contributed by atoms with Gasteiger partial charge in [-0.1, -0.05) is 11.6 Å². The van der Waals surface area contributed by atoms with Crippen LogP contribution in [0.2, 0.25) is 5.02 Å². The van der Waals surface area contributed by atoms with E-state index < -0.39 is 22.7 Å². The van der Waals surface area contributed by atoms with Crippen LogP contribution < -0.4 is 4.72 Å². The molecule has 0 amide bonds. The van der Waals surface area contributed by atoms with E-state index in [4.69, 9.17) is 15.7 Å².